The van der Waals surface area contributed by atoms with Gasteiger partial charge in [-0.05, 0) is 23.8 Å². The Morgan fingerprint density at radius 1 is 1.05 bits per heavy atom. The van der Waals surface area contributed by atoms with Gasteiger partial charge < -0.3 is 9.15 Å². The Morgan fingerprint density at radius 2 is 1.90 bits per heavy atom. The van der Waals surface area contributed by atoms with Crippen molar-refractivity contribution in [3.63, 3.8) is 0 Å². The van der Waals surface area contributed by atoms with Crippen LogP contribution < -0.4 is 16.0 Å². The molecule has 0 bridgehead atoms. The molecule has 6 nitrogen and oxygen atoms in total. The second-order valence-corrected chi connectivity index (χ2v) is 4.36. The Morgan fingerprint density at radius 3 is 2.67 bits per heavy atom. The van der Waals surface area contributed by atoms with Crippen molar-refractivity contribution in [2.24, 2.45) is 5.84 Å². The van der Waals surface area contributed by atoms with Crippen LogP contribution in [0.25, 0.3) is 11.5 Å². The van der Waals surface area contributed by atoms with Crippen molar-refractivity contribution in [2.45, 2.75) is 6.61 Å². The first kappa shape index (κ1) is 13.1. The molecule has 0 atom stereocenters. The van der Waals surface area contributed by atoms with Gasteiger partial charge in [-0.1, -0.05) is 41.5 Å². The van der Waals surface area contributed by atoms with Crippen molar-refractivity contribution in [3.05, 3.63) is 60.2 Å². The molecule has 21 heavy (non-hydrogen) atoms. The zero-order valence-electron chi connectivity index (χ0n) is 11.2. The molecule has 0 unspecified atom stereocenters. The van der Waals surface area contributed by atoms with E-state index in [1.54, 1.807) is 0 Å². The predicted octanol–water partition coefficient (Wildman–Crippen LogP) is 2.60. The van der Waals surface area contributed by atoms with Crippen LogP contribution in [-0.2, 0) is 6.61 Å². The fourth-order valence-electron chi connectivity index (χ4n) is 1.86. The number of hydrogen-bond donors (Lipinski definition) is 2. The summed E-state index contributed by atoms with van der Waals surface area (Å²) < 4.78 is 11.1. The first-order valence-electron chi connectivity index (χ1n) is 6.42. The molecule has 1 aromatic heterocycles. The molecule has 0 saturated heterocycles. The molecular weight excluding hydrogens is 268 g/mol. The number of rotatable bonds is 5. The van der Waals surface area contributed by atoms with E-state index in [9.17, 15) is 0 Å². The summed E-state index contributed by atoms with van der Waals surface area (Å²) in [4.78, 5) is 0. The lowest BCUT2D eigenvalue weighted by Crippen LogP contribution is -2.06. The van der Waals surface area contributed by atoms with Crippen LogP contribution in [0.2, 0.25) is 0 Å². The summed E-state index contributed by atoms with van der Waals surface area (Å²) in [6.45, 7) is 0.504. The summed E-state index contributed by atoms with van der Waals surface area (Å²) in [5.41, 5.74) is 4.19. The molecule has 0 aliphatic carbocycles. The third kappa shape index (κ3) is 3.18. The maximum absolute atomic E-state index is 5.76. The van der Waals surface area contributed by atoms with Crippen molar-refractivity contribution in [1.82, 2.24) is 10.2 Å². The standard InChI is InChI=1S/C15H14N4O2/c16-17-15-19-18-14(21-15)12-7-4-8-13(9-12)20-10-11-5-2-1-3-6-11/h1-9H,10,16H2,(H,17,19). The third-order valence-electron chi connectivity index (χ3n) is 2.88. The van der Waals surface area contributed by atoms with Crippen molar-refractivity contribution in [1.29, 1.82) is 0 Å². The Balaban J connectivity index is 1.74. The Bertz CT molecular complexity index is 712. The van der Waals surface area contributed by atoms with Gasteiger partial charge in [0.15, 0.2) is 0 Å². The Hall–Kier alpha value is -2.86. The van der Waals surface area contributed by atoms with E-state index in [-0.39, 0.29) is 6.01 Å². The number of nitrogens with zero attached hydrogens (tertiary/aromatic N) is 2. The van der Waals surface area contributed by atoms with Crippen LogP contribution in [0.15, 0.2) is 59.0 Å². The van der Waals surface area contributed by atoms with Crippen molar-refractivity contribution >= 4 is 6.01 Å². The topological polar surface area (TPSA) is 86.2 Å². The van der Waals surface area contributed by atoms with Crippen LogP contribution in [0.3, 0.4) is 0 Å². The highest BCUT2D eigenvalue weighted by Crippen LogP contribution is 2.24. The van der Waals surface area contributed by atoms with Crippen molar-refractivity contribution < 1.29 is 9.15 Å². The Kier molecular flexibility index (Phi) is 3.79. The van der Waals surface area contributed by atoms with Gasteiger partial charge in [0.05, 0.1) is 0 Å². The minimum Gasteiger partial charge on any atom is -0.489 e. The van der Waals surface area contributed by atoms with Gasteiger partial charge in [-0.3, -0.25) is 5.43 Å². The number of hydrazine groups is 1. The number of nitrogens with one attached hydrogen (secondary N) is 1. The minimum absolute atomic E-state index is 0.167. The van der Waals surface area contributed by atoms with E-state index in [2.05, 4.69) is 15.6 Å². The van der Waals surface area contributed by atoms with Gasteiger partial charge in [0.1, 0.15) is 12.4 Å². The molecule has 2 aromatic carbocycles. The van der Waals surface area contributed by atoms with Gasteiger partial charge in [-0.15, -0.1) is 5.10 Å². The van der Waals surface area contributed by atoms with Crippen LogP contribution in [-0.4, -0.2) is 10.2 Å². The van der Waals surface area contributed by atoms with E-state index in [0.717, 1.165) is 16.9 Å². The maximum Gasteiger partial charge on any atom is 0.330 e. The summed E-state index contributed by atoms with van der Waals surface area (Å²) in [6, 6.07) is 17.6. The van der Waals surface area contributed by atoms with Gasteiger partial charge >= 0.3 is 6.01 Å². The number of aromatic nitrogens is 2. The smallest absolute Gasteiger partial charge is 0.330 e. The van der Waals surface area contributed by atoms with E-state index < -0.39 is 0 Å². The van der Waals surface area contributed by atoms with Gasteiger partial charge in [0, 0.05) is 5.56 Å². The molecule has 0 radical (unpaired) electrons. The highest BCUT2D eigenvalue weighted by atomic mass is 16.5. The molecule has 1 heterocycles. The summed E-state index contributed by atoms with van der Waals surface area (Å²) in [5.74, 6) is 6.33. The van der Waals surface area contributed by atoms with Crippen LogP contribution in [0.5, 0.6) is 5.75 Å². The minimum atomic E-state index is 0.167. The monoisotopic (exact) mass is 282 g/mol. The van der Waals surface area contributed by atoms with Crippen LogP contribution in [0, 0.1) is 0 Å². The molecule has 0 saturated carbocycles. The normalized spacial score (nSPS) is 10.3. The summed E-state index contributed by atoms with van der Waals surface area (Å²) >= 11 is 0. The maximum atomic E-state index is 5.76. The van der Waals surface area contributed by atoms with E-state index >= 15 is 0 Å². The van der Waals surface area contributed by atoms with Gasteiger partial charge in [0.25, 0.3) is 0 Å². The fourth-order valence-corrected chi connectivity index (χ4v) is 1.86. The number of ether oxygens (including phenoxy) is 1. The molecule has 0 aliphatic rings. The number of anilines is 1. The van der Waals surface area contributed by atoms with E-state index in [1.807, 2.05) is 54.6 Å². The van der Waals surface area contributed by atoms with Gasteiger partial charge in [-0.25, -0.2) is 5.84 Å². The van der Waals surface area contributed by atoms with Gasteiger partial charge in [-0.2, -0.15) is 0 Å². The molecule has 3 aromatic rings. The van der Waals surface area contributed by atoms with E-state index in [0.29, 0.717) is 12.5 Å². The largest absolute Gasteiger partial charge is 0.489 e. The number of hydrogen-bond acceptors (Lipinski definition) is 6. The fraction of sp³-hybridized carbons (Fsp3) is 0.0667. The quantitative estimate of drug-likeness (QED) is 0.552. The molecule has 3 rings (SSSR count). The predicted molar refractivity (Wildman–Crippen MR) is 78.3 cm³/mol. The molecule has 3 N–H and O–H groups in total. The van der Waals surface area contributed by atoms with E-state index in [4.69, 9.17) is 15.0 Å². The Labute approximate surface area is 121 Å². The lowest BCUT2D eigenvalue weighted by atomic mass is 10.2. The summed E-state index contributed by atoms with van der Waals surface area (Å²) in [7, 11) is 0. The van der Waals surface area contributed by atoms with Crippen molar-refractivity contribution in [3.8, 4) is 17.2 Å². The average Bonchev–Trinajstić information content (AvgIpc) is 3.03. The molecule has 0 amide bonds. The second kappa shape index (κ2) is 6.06. The average molecular weight is 282 g/mol. The highest BCUT2D eigenvalue weighted by Gasteiger charge is 2.08. The summed E-state index contributed by atoms with van der Waals surface area (Å²) in [5, 5.41) is 7.64. The molecule has 0 fully saturated rings. The zero-order valence-corrected chi connectivity index (χ0v) is 11.2. The van der Waals surface area contributed by atoms with Crippen LogP contribution in [0.1, 0.15) is 5.56 Å². The SMILES string of the molecule is NNc1nnc(-c2cccc(OCc3ccccc3)c2)o1. The first-order chi connectivity index (χ1) is 10.3. The molecule has 106 valence electrons. The second-order valence-electron chi connectivity index (χ2n) is 4.36. The van der Waals surface area contributed by atoms with Crippen LogP contribution in [0.4, 0.5) is 6.01 Å². The number of nitrogen functional groups attached to an aromatic ring is 1. The third-order valence-corrected chi connectivity index (χ3v) is 2.88. The molecular formula is C15H14N4O2. The molecule has 0 aliphatic heterocycles. The molecule has 0 spiro atoms. The summed E-state index contributed by atoms with van der Waals surface area (Å²) in [6.07, 6.45) is 0. The zero-order chi connectivity index (χ0) is 14.5. The lowest BCUT2D eigenvalue weighted by Gasteiger charge is -2.06. The van der Waals surface area contributed by atoms with Crippen LogP contribution >= 0.6 is 0 Å². The first-order valence-corrected chi connectivity index (χ1v) is 6.42. The highest BCUT2D eigenvalue weighted by molar-refractivity contribution is 5.56. The van der Waals surface area contributed by atoms with Gasteiger partial charge in [0.2, 0.25) is 5.89 Å². The van der Waals surface area contributed by atoms with Crippen molar-refractivity contribution in [2.75, 3.05) is 5.43 Å². The van der Waals surface area contributed by atoms with E-state index in [1.165, 1.54) is 0 Å². The molecule has 6 heteroatoms. The number of nitrogens with two attached hydrogens (primary N) is 1. The lowest BCUT2D eigenvalue weighted by molar-refractivity contribution is 0.306. The number of benzene rings is 2.